The number of hydrogen-bond donors (Lipinski definition) is 3. The Morgan fingerprint density at radius 1 is 1.38 bits per heavy atom. The number of imidazole rings is 1. The highest BCUT2D eigenvalue weighted by atomic mass is 19.4. The van der Waals surface area contributed by atoms with Crippen LogP contribution in [0.15, 0.2) is 39.8 Å². The predicted molar refractivity (Wildman–Crippen MR) is 107 cm³/mol. The zero-order valence-electron chi connectivity index (χ0n) is 17.1. The topological polar surface area (TPSA) is 126 Å². The van der Waals surface area contributed by atoms with E-state index in [0.717, 1.165) is 36.3 Å². The number of H-pyrrole nitrogens is 1. The summed E-state index contributed by atoms with van der Waals surface area (Å²) < 4.78 is 38.8. The molecule has 1 saturated heterocycles. The van der Waals surface area contributed by atoms with E-state index < -0.39 is 12.1 Å². The van der Waals surface area contributed by atoms with Gasteiger partial charge in [-0.25, -0.2) is 9.59 Å². The number of aryl methyl sites for hydroxylation is 2. The predicted octanol–water partition coefficient (Wildman–Crippen LogP) is 2.84. The summed E-state index contributed by atoms with van der Waals surface area (Å²) in [5.74, 6) is -1.55. The molecular weight excluding hydrogens is 431 g/mol. The van der Waals surface area contributed by atoms with E-state index in [1.807, 2.05) is 31.2 Å². The van der Waals surface area contributed by atoms with Gasteiger partial charge >= 0.3 is 17.8 Å². The highest BCUT2D eigenvalue weighted by molar-refractivity contribution is 5.73. The first-order chi connectivity index (χ1) is 15.1. The Bertz CT molecular complexity index is 1110. The number of aromatic nitrogens is 4. The van der Waals surface area contributed by atoms with Gasteiger partial charge in [0.2, 0.25) is 11.7 Å². The normalized spacial score (nSPS) is 15.9. The van der Waals surface area contributed by atoms with Gasteiger partial charge in [0.05, 0.1) is 5.69 Å². The van der Waals surface area contributed by atoms with Crippen LogP contribution in [0.1, 0.15) is 30.8 Å². The number of carbonyl (C=O) groups is 1. The highest BCUT2D eigenvalue weighted by Gasteiger charge is 2.38. The summed E-state index contributed by atoms with van der Waals surface area (Å²) in [6, 6.07) is 8.15. The molecule has 3 N–H and O–H groups in total. The maximum Gasteiger partial charge on any atom is 0.490 e. The fourth-order valence-corrected chi connectivity index (χ4v) is 3.33. The molecule has 4 rings (SSSR count). The second-order valence-electron chi connectivity index (χ2n) is 7.27. The smallest absolute Gasteiger partial charge is 0.475 e. The molecular formula is C20H22F3N5O4. The summed E-state index contributed by atoms with van der Waals surface area (Å²) >= 11 is 0. The van der Waals surface area contributed by atoms with Crippen LogP contribution in [-0.4, -0.2) is 49.5 Å². The fraction of sp³-hybridized carbons (Fsp3) is 0.400. The standard InChI is InChI=1S/C18H21N5O2.C2HF3O2/c1-12-11-20-18(24)23(12)15-6-2-4-13(10-15)17-21-16(25-22-17)8-7-14-5-3-9-19-14;3-2(4,5)1(6)7/h2,4,6,10-11,14,19H,3,5,7-9H2,1H3,(H,20,24);(H,6,7)/t14-;/m1./s1. The van der Waals surface area contributed by atoms with Crippen molar-refractivity contribution >= 4 is 5.97 Å². The molecule has 9 nitrogen and oxygen atoms in total. The van der Waals surface area contributed by atoms with Crippen LogP contribution >= 0.6 is 0 Å². The summed E-state index contributed by atoms with van der Waals surface area (Å²) in [4.78, 5) is 28.1. The quantitative estimate of drug-likeness (QED) is 0.542. The van der Waals surface area contributed by atoms with Gasteiger partial charge in [0.15, 0.2) is 0 Å². The summed E-state index contributed by atoms with van der Waals surface area (Å²) in [6.07, 6.45) is 0.858. The van der Waals surface area contributed by atoms with Crippen molar-refractivity contribution < 1.29 is 27.6 Å². The molecule has 12 heteroatoms. The van der Waals surface area contributed by atoms with Crippen molar-refractivity contribution in [3.8, 4) is 17.1 Å². The van der Waals surface area contributed by atoms with Crippen LogP contribution in [0, 0.1) is 6.92 Å². The Morgan fingerprint density at radius 3 is 2.72 bits per heavy atom. The van der Waals surface area contributed by atoms with Crippen molar-refractivity contribution in [1.82, 2.24) is 25.0 Å². The number of nitrogens with one attached hydrogen (secondary N) is 2. The van der Waals surface area contributed by atoms with Crippen LogP contribution in [0.3, 0.4) is 0 Å². The molecule has 3 heterocycles. The molecule has 0 radical (unpaired) electrons. The number of alkyl halides is 3. The lowest BCUT2D eigenvalue weighted by Gasteiger charge is -2.06. The van der Waals surface area contributed by atoms with Crippen LogP contribution in [0.5, 0.6) is 0 Å². The Balaban J connectivity index is 0.000000360. The fourth-order valence-electron chi connectivity index (χ4n) is 3.33. The van der Waals surface area contributed by atoms with Crippen LogP contribution in [-0.2, 0) is 11.2 Å². The number of carboxylic acid groups (broad SMARTS) is 1. The molecule has 1 aliphatic heterocycles. The SMILES string of the molecule is Cc1c[nH]c(=O)n1-c1cccc(-c2noc(CC[C@H]3CCCN3)n2)c1.O=C(O)C(F)(F)F. The Kier molecular flexibility index (Phi) is 7.13. The van der Waals surface area contributed by atoms with Crippen LogP contribution < -0.4 is 11.0 Å². The lowest BCUT2D eigenvalue weighted by Crippen LogP contribution is -2.21. The first-order valence-electron chi connectivity index (χ1n) is 9.89. The number of aromatic amines is 1. The minimum absolute atomic E-state index is 0.160. The van der Waals surface area contributed by atoms with Gasteiger partial charge in [0.25, 0.3) is 0 Å². The largest absolute Gasteiger partial charge is 0.490 e. The third-order valence-electron chi connectivity index (χ3n) is 4.90. The van der Waals surface area contributed by atoms with E-state index in [1.54, 1.807) is 10.8 Å². The molecule has 1 aliphatic rings. The third kappa shape index (κ3) is 5.84. The third-order valence-corrected chi connectivity index (χ3v) is 4.90. The molecule has 2 aromatic heterocycles. The van der Waals surface area contributed by atoms with Crippen molar-refractivity contribution in [2.75, 3.05) is 6.54 Å². The Morgan fingerprint density at radius 2 is 2.12 bits per heavy atom. The maximum atomic E-state index is 12.0. The first kappa shape index (κ1) is 23.3. The molecule has 32 heavy (non-hydrogen) atoms. The summed E-state index contributed by atoms with van der Waals surface area (Å²) in [5, 5.41) is 14.7. The van der Waals surface area contributed by atoms with Crippen LogP contribution in [0.2, 0.25) is 0 Å². The average molecular weight is 453 g/mol. The lowest BCUT2D eigenvalue weighted by atomic mass is 10.1. The second kappa shape index (κ2) is 9.81. The number of nitrogens with zero attached hydrogens (tertiary/aromatic N) is 3. The number of benzene rings is 1. The molecule has 0 unspecified atom stereocenters. The van der Waals surface area contributed by atoms with Crippen molar-refractivity contribution in [2.45, 2.75) is 44.8 Å². The first-order valence-corrected chi connectivity index (χ1v) is 9.89. The molecule has 0 amide bonds. The van der Waals surface area contributed by atoms with Gasteiger partial charge in [-0.2, -0.15) is 18.2 Å². The van der Waals surface area contributed by atoms with Crippen LogP contribution in [0.4, 0.5) is 13.2 Å². The summed E-state index contributed by atoms with van der Waals surface area (Å²) in [7, 11) is 0. The Hall–Kier alpha value is -3.41. The number of aliphatic carboxylic acids is 1. The number of rotatable bonds is 5. The Labute approximate surface area is 180 Å². The van der Waals surface area contributed by atoms with E-state index in [1.165, 1.54) is 12.8 Å². The minimum atomic E-state index is -5.08. The van der Waals surface area contributed by atoms with Crippen molar-refractivity contribution in [3.05, 3.63) is 52.5 Å². The van der Waals surface area contributed by atoms with E-state index in [2.05, 4.69) is 20.4 Å². The molecule has 0 spiro atoms. The van der Waals surface area contributed by atoms with E-state index in [-0.39, 0.29) is 5.69 Å². The van der Waals surface area contributed by atoms with Gasteiger partial charge in [-0.05, 0) is 44.9 Å². The molecule has 0 aliphatic carbocycles. The molecule has 3 aromatic rings. The van der Waals surface area contributed by atoms with Gasteiger partial charge in [-0.1, -0.05) is 17.3 Å². The summed E-state index contributed by atoms with van der Waals surface area (Å²) in [6.45, 7) is 2.98. The van der Waals surface area contributed by atoms with E-state index >= 15 is 0 Å². The van der Waals surface area contributed by atoms with Gasteiger partial charge in [0, 0.05) is 29.9 Å². The zero-order chi connectivity index (χ0) is 23.3. The van der Waals surface area contributed by atoms with Gasteiger partial charge < -0.3 is 19.9 Å². The average Bonchev–Trinajstić information content (AvgIpc) is 3.48. The van der Waals surface area contributed by atoms with Crippen molar-refractivity contribution in [1.29, 1.82) is 0 Å². The molecule has 1 atom stereocenters. The van der Waals surface area contributed by atoms with Gasteiger partial charge in [0.1, 0.15) is 0 Å². The summed E-state index contributed by atoms with van der Waals surface area (Å²) in [5.41, 5.74) is 2.30. The number of carboxylic acids is 1. The number of hydrogen-bond acceptors (Lipinski definition) is 6. The molecule has 0 saturated carbocycles. The monoisotopic (exact) mass is 453 g/mol. The highest BCUT2D eigenvalue weighted by Crippen LogP contribution is 2.21. The molecule has 1 aromatic carbocycles. The second-order valence-corrected chi connectivity index (χ2v) is 7.27. The van der Waals surface area contributed by atoms with E-state index in [9.17, 15) is 18.0 Å². The van der Waals surface area contributed by atoms with Gasteiger partial charge in [-0.15, -0.1) is 0 Å². The molecule has 0 bridgehead atoms. The maximum absolute atomic E-state index is 12.0. The van der Waals surface area contributed by atoms with Crippen LogP contribution in [0.25, 0.3) is 17.1 Å². The van der Waals surface area contributed by atoms with E-state index in [4.69, 9.17) is 14.4 Å². The lowest BCUT2D eigenvalue weighted by molar-refractivity contribution is -0.192. The minimum Gasteiger partial charge on any atom is -0.475 e. The van der Waals surface area contributed by atoms with E-state index in [0.29, 0.717) is 17.8 Å². The van der Waals surface area contributed by atoms with Gasteiger partial charge in [-0.3, -0.25) is 4.57 Å². The van der Waals surface area contributed by atoms with Crippen molar-refractivity contribution in [3.63, 3.8) is 0 Å². The van der Waals surface area contributed by atoms with Crippen molar-refractivity contribution in [2.24, 2.45) is 0 Å². The zero-order valence-corrected chi connectivity index (χ0v) is 17.1. The molecule has 1 fully saturated rings. The number of halogens is 3. The molecule has 172 valence electrons.